The molecule has 1 aromatic carbocycles. The summed E-state index contributed by atoms with van der Waals surface area (Å²) in [6.45, 7) is 0.279. The molecule has 8 heteroatoms. The van der Waals surface area contributed by atoms with Gasteiger partial charge in [0.2, 0.25) is 5.91 Å². The Kier molecular flexibility index (Phi) is 3.73. The van der Waals surface area contributed by atoms with E-state index in [0.29, 0.717) is 12.1 Å². The zero-order valence-corrected chi connectivity index (χ0v) is 12.3. The topological polar surface area (TPSA) is 104 Å². The normalized spacial score (nSPS) is 20.7. The second kappa shape index (κ2) is 5.71. The van der Waals surface area contributed by atoms with Crippen LogP contribution in [-0.4, -0.2) is 70.7 Å². The second-order valence-electron chi connectivity index (χ2n) is 5.50. The van der Waals surface area contributed by atoms with Gasteiger partial charge in [-0.05, 0) is 12.1 Å². The molecule has 2 heterocycles. The number of hydrogen-bond donors (Lipinski definition) is 1. The average Bonchev–Trinajstić information content (AvgIpc) is 2.79. The summed E-state index contributed by atoms with van der Waals surface area (Å²) < 4.78 is 0. The van der Waals surface area contributed by atoms with Crippen LogP contribution in [-0.2, 0) is 9.59 Å². The number of primary amides is 1. The van der Waals surface area contributed by atoms with Crippen molar-refractivity contribution in [3.8, 4) is 0 Å². The molecule has 2 N–H and O–H groups in total. The van der Waals surface area contributed by atoms with E-state index in [1.807, 2.05) is 6.07 Å². The molecule has 0 spiro atoms. The van der Waals surface area contributed by atoms with Crippen LogP contribution in [0, 0.1) is 0 Å². The third-order valence-corrected chi connectivity index (χ3v) is 4.03. The summed E-state index contributed by atoms with van der Waals surface area (Å²) >= 11 is 0. The molecule has 0 saturated carbocycles. The van der Waals surface area contributed by atoms with Gasteiger partial charge in [0.25, 0.3) is 11.8 Å². The van der Waals surface area contributed by atoms with Crippen molar-refractivity contribution in [2.24, 2.45) is 5.73 Å². The van der Waals surface area contributed by atoms with Crippen molar-refractivity contribution in [3.05, 3.63) is 35.9 Å². The Morgan fingerprint density at radius 3 is 2.48 bits per heavy atom. The number of nitrogens with zero attached hydrogens (tertiary/aromatic N) is 3. The number of urea groups is 1. The van der Waals surface area contributed by atoms with Gasteiger partial charge in [-0.1, -0.05) is 18.2 Å². The third-order valence-electron chi connectivity index (χ3n) is 4.03. The van der Waals surface area contributed by atoms with Crippen molar-refractivity contribution in [2.75, 3.05) is 26.2 Å². The maximum absolute atomic E-state index is 12.5. The van der Waals surface area contributed by atoms with Gasteiger partial charge in [0.15, 0.2) is 0 Å². The number of nitrogens with two attached hydrogens (primary N) is 1. The first kappa shape index (κ1) is 15.0. The summed E-state index contributed by atoms with van der Waals surface area (Å²) in [4.78, 5) is 51.7. The molecular formula is C15H16N4O4. The van der Waals surface area contributed by atoms with Crippen LogP contribution in [0.25, 0.3) is 0 Å². The van der Waals surface area contributed by atoms with Crippen LogP contribution in [0.2, 0.25) is 0 Å². The smallest absolute Gasteiger partial charge is 0.328 e. The molecule has 120 valence electrons. The minimum Gasteiger partial charge on any atom is -0.368 e. The summed E-state index contributed by atoms with van der Waals surface area (Å²) in [5.41, 5.74) is 5.60. The van der Waals surface area contributed by atoms with Gasteiger partial charge in [-0.2, -0.15) is 0 Å². The maximum atomic E-state index is 12.5. The van der Waals surface area contributed by atoms with Gasteiger partial charge in [0.05, 0.1) is 6.54 Å². The molecule has 2 fully saturated rings. The van der Waals surface area contributed by atoms with E-state index in [4.69, 9.17) is 5.73 Å². The summed E-state index contributed by atoms with van der Waals surface area (Å²) in [6, 6.07) is 7.49. The van der Waals surface area contributed by atoms with E-state index in [1.54, 1.807) is 29.2 Å². The van der Waals surface area contributed by atoms with Crippen molar-refractivity contribution in [2.45, 2.75) is 6.04 Å². The van der Waals surface area contributed by atoms with Crippen molar-refractivity contribution >= 4 is 23.8 Å². The zero-order chi connectivity index (χ0) is 16.6. The van der Waals surface area contributed by atoms with Gasteiger partial charge in [-0.15, -0.1) is 0 Å². The molecule has 23 heavy (non-hydrogen) atoms. The van der Waals surface area contributed by atoms with Crippen molar-refractivity contribution in [1.29, 1.82) is 0 Å². The molecule has 0 aromatic heterocycles. The molecule has 0 unspecified atom stereocenters. The maximum Gasteiger partial charge on any atom is 0.328 e. The lowest BCUT2D eigenvalue weighted by Crippen LogP contribution is -2.54. The van der Waals surface area contributed by atoms with Gasteiger partial charge < -0.3 is 15.5 Å². The minimum atomic E-state index is -0.747. The van der Waals surface area contributed by atoms with Crippen molar-refractivity contribution in [3.63, 3.8) is 0 Å². The highest BCUT2D eigenvalue weighted by Gasteiger charge is 2.48. The Hall–Kier alpha value is -2.90. The number of carbonyl (C=O) groups is 4. The Morgan fingerprint density at radius 2 is 1.83 bits per heavy atom. The lowest BCUT2D eigenvalue weighted by atomic mass is 10.1. The van der Waals surface area contributed by atoms with E-state index in [9.17, 15) is 19.2 Å². The standard InChI is InChI=1S/C15H16N4O4/c16-12(20)9-19-14(22)11-8-17(6-7-18(11)15(19)23)13(21)10-4-2-1-3-5-10/h1-5,11H,6-9H2,(H2,16,20)/t11-/m0/s1. The predicted molar refractivity (Wildman–Crippen MR) is 79.1 cm³/mol. The molecule has 2 aliphatic rings. The van der Waals surface area contributed by atoms with Crippen LogP contribution in [0.3, 0.4) is 0 Å². The Balaban J connectivity index is 1.76. The van der Waals surface area contributed by atoms with E-state index in [0.717, 1.165) is 4.90 Å². The van der Waals surface area contributed by atoms with Gasteiger partial charge in [0, 0.05) is 18.7 Å². The lowest BCUT2D eigenvalue weighted by molar-refractivity contribution is -0.132. The number of benzene rings is 1. The third kappa shape index (κ3) is 2.63. The second-order valence-corrected chi connectivity index (χ2v) is 5.50. The highest BCUT2D eigenvalue weighted by molar-refractivity contribution is 6.07. The SMILES string of the molecule is NC(=O)CN1C(=O)[C@@H]2CN(C(=O)c3ccccc3)CCN2C1=O. The quantitative estimate of drug-likeness (QED) is 0.742. The zero-order valence-electron chi connectivity index (χ0n) is 12.3. The monoisotopic (exact) mass is 316 g/mol. The van der Waals surface area contributed by atoms with Crippen LogP contribution in [0.5, 0.6) is 0 Å². The molecule has 0 bridgehead atoms. The van der Waals surface area contributed by atoms with Crippen LogP contribution in [0.1, 0.15) is 10.4 Å². The van der Waals surface area contributed by atoms with Crippen molar-refractivity contribution < 1.29 is 19.2 Å². The van der Waals surface area contributed by atoms with Crippen molar-refractivity contribution in [1.82, 2.24) is 14.7 Å². The first-order valence-corrected chi connectivity index (χ1v) is 7.23. The van der Waals surface area contributed by atoms with Gasteiger partial charge in [-0.25, -0.2) is 4.79 Å². The van der Waals surface area contributed by atoms with Gasteiger partial charge in [0.1, 0.15) is 12.6 Å². The first-order valence-electron chi connectivity index (χ1n) is 7.23. The summed E-state index contributed by atoms with van der Waals surface area (Å²) in [5, 5.41) is 0. The molecule has 2 saturated heterocycles. The Bertz CT molecular complexity index is 675. The molecule has 1 aromatic rings. The molecule has 1 atom stereocenters. The summed E-state index contributed by atoms with van der Waals surface area (Å²) in [5.74, 6) is -1.41. The Morgan fingerprint density at radius 1 is 1.13 bits per heavy atom. The molecular weight excluding hydrogens is 300 g/mol. The predicted octanol–water partition coefficient (Wildman–Crippen LogP) is -0.739. The highest BCUT2D eigenvalue weighted by Crippen LogP contribution is 2.22. The van der Waals surface area contributed by atoms with Gasteiger partial charge >= 0.3 is 6.03 Å². The average molecular weight is 316 g/mol. The summed E-state index contributed by atoms with van der Waals surface area (Å²) in [7, 11) is 0. The molecule has 2 aliphatic heterocycles. The van der Waals surface area contributed by atoms with E-state index in [-0.39, 0.29) is 19.0 Å². The number of carbonyl (C=O) groups excluding carboxylic acids is 4. The number of imide groups is 1. The minimum absolute atomic E-state index is 0.119. The molecule has 8 nitrogen and oxygen atoms in total. The fraction of sp³-hybridized carbons (Fsp3) is 0.333. The number of fused-ring (bicyclic) bond motifs is 1. The van der Waals surface area contributed by atoms with E-state index >= 15 is 0 Å². The fourth-order valence-electron chi connectivity index (χ4n) is 2.90. The molecule has 3 rings (SSSR count). The first-order chi connectivity index (χ1) is 11.0. The number of rotatable bonds is 3. The number of amides is 5. The van der Waals surface area contributed by atoms with Gasteiger partial charge in [-0.3, -0.25) is 19.3 Å². The number of hydrogen-bond acceptors (Lipinski definition) is 4. The fourth-order valence-corrected chi connectivity index (χ4v) is 2.90. The number of piperazine rings is 1. The van der Waals surface area contributed by atoms with Crippen LogP contribution < -0.4 is 5.73 Å². The molecule has 0 aliphatic carbocycles. The largest absolute Gasteiger partial charge is 0.368 e. The molecule has 5 amide bonds. The van der Waals surface area contributed by atoms with E-state index in [2.05, 4.69) is 0 Å². The van der Waals surface area contributed by atoms with Crippen LogP contribution >= 0.6 is 0 Å². The van der Waals surface area contributed by atoms with E-state index < -0.39 is 30.4 Å². The van der Waals surface area contributed by atoms with Crippen LogP contribution in [0.15, 0.2) is 30.3 Å². The van der Waals surface area contributed by atoms with E-state index in [1.165, 1.54) is 4.90 Å². The Labute approximate surface area is 132 Å². The summed E-state index contributed by atoms with van der Waals surface area (Å²) in [6.07, 6.45) is 0. The van der Waals surface area contributed by atoms with Crippen LogP contribution in [0.4, 0.5) is 4.79 Å². The highest BCUT2D eigenvalue weighted by atomic mass is 16.2. The molecule has 0 radical (unpaired) electrons. The lowest BCUT2D eigenvalue weighted by Gasteiger charge is -2.35.